The van der Waals surface area contributed by atoms with E-state index in [4.69, 9.17) is 15.6 Å². The van der Waals surface area contributed by atoms with Gasteiger partial charge in [-0.1, -0.05) is 26.2 Å². The van der Waals surface area contributed by atoms with Crippen molar-refractivity contribution in [3.8, 4) is 0 Å². The first kappa shape index (κ1) is 21.2. The summed E-state index contributed by atoms with van der Waals surface area (Å²) in [6.45, 7) is 2.09. The predicted octanol–water partition coefficient (Wildman–Crippen LogP) is 2.74. The van der Waals surface area contributed by atoms with E-state index < -0.39 is 18.7 Å². The molecule has 146 valence electrons. The lowest BCUT2D eigenvalue weighted by Crippen LogP contribution is -2.45. The molecule has 1 saturated carbocycles. The Balaban J connectivity index is 2.10. The summed E-state index contributed by atoms with van der Waals surface area (Å²) in [4.78, 5) is 12.2. The van der Waals surface area contributed by atoms with Gasteiger partial charge in [-0.3, -0.25) is 0 Å². The Hall–Kier alpha value is -1.15. The maximum absolute atomic E-state index is 12.2. The van der Waals surface area contributed by atoms with Crippen molar-refractivity contribution in [2.45, 2.75) is 63.6 Å². The lowest BCUT2D eigenvalue weighted by molar-refractivity contribution is 0.00932. The first-order valence-electron chi connectivity index (χ1n) is 9.20. The van der Waals surface area contributed by atoms with Gasteiger partial charge in [-0.2, -0.15) is 0 Å². The van der Waals surface area contributed by atoms with Gasteiger partial charge in [-0.05, 0) is 52.9 Å². The lowest BCUT2D eigenvalue weighted by Gasteiger charge is -2.38. The zero-order valence-electron chi connectivity index (χ0n) is 15.3. The fourth-order valence-corrected chi connectivity index (χ4v) is 3.91. The van der Waals surface area contributed by atoms with Gasteiger partial charge in [0.1, 0.15) is 12.7 Å². The van der Waals surface area contributed by atoms with E-state index in [2.05, 4.69) is 28.2 Å². The van der Waals surface area contributed by atoms with E-state index in [1.54, 1.807) is 12.1 Å². The number of ether oxygens (including phenoxy) is 1. The van der Waals surface area contributed by atoms with Gasteiger partial charge in [0.15, 0.2) is 0 Å². The molecule has 1 aliphatic carbocycles. The molecule has 1 unspecified atom stereocenters. The molecule has 26 heavy (non-hydrogen) atoms. The lowest BCUT2D eigenvalue weighted by atomic mass is 9.79. The van der Waals surface area contributed by atoms with Gasteiger partial charge in [0, 0.05) is 16.6 Å². The fourth-order valence-electron chi connectivity index (χ4n) is 3.41. The number of nitrogens with two attached hydrogens (primary N) is 1. The van der Waals surface area contributed by atoms with Crippen LogP contribution in [-0.2, 0) is 11.3 Å². The molecule has 0 bridgehead atoms. The quantitative estimate of drug-likeness (QED) is 0.374. The minimum atomic E-state index is -1.08. The van der Waals surface area contributed by atoms with Crippen molar-refractivity contribution >= 4 is 27.6 Å². The molecular formula is C19H29BrN2O4. The van der Waals surface area contributed by atoms with Crippen LogP contribution in [0.5, 0.6) is 0 Å². The number of nitrogens with one attached hydrogen (secondary N) is 1. The number of nitrogen functional groups attached to an aromatic ring is 1. The molecule has 6 nitrogen and oxygen atoms in total. The van der Waals surface area contributed by atoms with Gasteiger partial charge in [-0.15, -0.1) is 0 Å². The highest BCUT2D eigenvalue weighted by molar-refractivity contribution is 9.10. The number of hydrogen-bond acceptors (Lipinski definition) is 6. The summed E-state index contributed by atoms with van der Waals surface area (Å²) in [7, 11) is 0. The minimum Gasteiger partial charge on any atom is -0.459 e. The van der Waals surface area contributed by atoms with E-state index in [0.29, 0.717) is 22.3 Å². The van der Waals surface area contributed by atoms with Crippen molar-refractivity contribution < 1.29 is 19.7 Å². The van der Waals surface area contributed by atoms with Crippen LogP contribution in [0.25, 0.3) is 0 Å². The Labute approximate surface area is 163 Å². The Kier molecular flexibility index (Phi) is 7.88. The first-order chi connectivity index (χ1) is 12.4. The third-order valence-electron chi connectivity index (χ3n) is 5.21. The van der Waals surface area contributed by atoms with Crippen LogP contribution < -0.4 is 11.1 Å². The Bertz CT molecular complexity index is 618. The molecule has 5 N–H and O–H groups in total. The average molecular weight is 429 g/mol. The standard InChI is InChI=1S/C19H29BrN2O4/c1-2-19(6-4-3-5-7-19)22-10-14-8-13(9-16(20)17(14)21)18(25)26-12-15(24)11-23/h8-9,15,22-24H,2-7,10-12,21H2,1H3. The van der Waals surface area contributed by atoms with E-state index in [-0.39, 0.29) is 12.1 Å². The minimum absolute atomic E-state index is 0.138. The molecule has 0 aromatic heterocycles. The SMILES string of the molecule is CCC1(NCc2cc(C(=O)OCC(O)CO)cc(Br)c2N)CCCCC1. The Morgan fingerprint density at radius 3 is 2.69 bits per heavy atom. The van der Waals surface area contributed by atoms with E-state index in [1.807, 2.05) is 0 Å². The van der Waals surface area contributed by atoms with Gasteiger partial charge in [0.05, 0.1) is 17.9 Å². The highest BCUT2D eigenvalue weighted by atomic mass is 79.9. The van der Waals surface area contributed by atoms with Crippen LogP contribution in [0.4, 0.5) is 5.69 Å². The topological polar surface area (TPSA) is 105 Å². The number of aliphatic hydroxyl groups excluding tert-OH is 2. The van der Waals surface area contributed by atoms with E-state index in [9.17, 15) is 9.90 Å². The number of aliphatic hydroxyl groups is 2. The normalized spacial score (nSPS) is 17.7. The van der Waals surface area contributed by atoms with Crippen molar-refractivity contribution in [2.75, 3.05) is 18.9 Å². The number of benzene rings is 1. The molecule has 1 aromatic carbocycles. The number of halogens is 1. The summed E-state index contributed by atoms with van der Waals surface area (Å²) in [5.41, 5.74) is 8.13. The predicted molar refractivity (Wildman–Crippen MR) is 105 cm³/mol. The van der Waals surface area contributed by atoms with E-state index >= 15 is 0 Å². The number of anilines is 1. The number of rotatable bonds is 8. The molecule has 1 fully saturated rings. The molecule has 1 aliphatic rings. The van der Waals surface area contributed by atoms with Crippen LogP contribution in [0, 0.1) is 0 Å². The van der Waals surface area contributed by atoms with Crippen LogP contribution in [-0.4, -0.2) is 41.0 Å². The number of carbonyl (C=O) groups is 1. The molecule has 1 aromatic rings. The van der Waals surface area contributed by atoms with Crippen LogP contribution in [0.15, 0.2) is 16.6 Å². The third kappa shape index (κ3) is 5.42. The zero-order valence-corrected chi connectivity index (χ0v) is 16.8. The summed E-state index contributed by atoms with van der Waals surface area (Å²) in [5, 5.41) is 21.8. The molecule has 0 saturated heterocycles. The highest BCUT2D eigenvalue weighted by Gasteiger charge is 2.29. The summed E-state index contributed by atoms with van der Waals surface area (Å²) < 4.78 is 5.67. The molecule has 2 rings (SSSR count). The maximum atomic E-state index is 12.2. The van der Waals surface area contributed by atoms with Gasteiger partial charge < -0.3 is 26.0 Å². The monoisotopic (exact) mass is 428 g/mol. The van der Waals surface area contributed by atoms with E-state index in [1.165, 1.54) is 19.3 Å². The number of carbonyl (C=O) groups excluding carboxylic acids is 1. The van der Waals surface area contributed by atoms with E-state index in [0.717, 1.165) is 24.8 Å². The highest BCUT2D eigenvalue weighted by Crippen LogP contribution is 2.32. The number of hydrogen-bond donors (Lipinski definition) is 4. The van der Waals surface area contributed by atoms with Gasteiger partial charge in [0.25, 0.3) is 0 Å². The summed E-state index contributed by atoms with van der Waals surface area (Å²) in [6.07, 6.45) is 6.07. The fraction of sp³-hybridized carbons (Fsp3) is 0.632. The summed E-state index contributed by atoms with van der Waals surface area (Å²) >= 11 is 3.41. The second-order valence-electron chi connectivity index (χ2n) is 7.01. The van der Waals surface area contributed by atoms with Crippen LogP contribution in [0.2, 0.25) is 0 Å². The molecule has 0 amide bonds. The van der Waals surface area contributed by atoms with Crippen molar-refractivity contribution in [1.29, 1.82) is 0 Å². The van der Waals surface area contributed by atoms with Gasteiger partial charge >= 0.3 is 5.97 Å². The smallest absolute Gasteiger partial charge is 0.338 e. The number of esters is 1. The molecular weight excluding hydrogens is 400 g/mol. The maximum Gasteiger partial charge on any atom is 0.338 e. The largest absolute Gasteiger partial charge is 0.459 e. The second-order valence-corrected chi connectivity index (χ2v) is 7.87. The third-order valence-corrected chi connectivity index (χ3v) is 5.87. The second kappa shape index (κ2) is 9.69. The van der Waals surface area contributed by atoms with Gasteiger partial charge in [0.2, 0.25) is 0 Å². The first-order valence-corrected chi connectivity index (χ1v) is 9.99. The molecule has 1 atom stereocenters. The van der Waals surface area contributed by atoms with Crippen molar-refractivity contribution in [3.05, 3.63) is 27.7 Å². The molecule has 7 heteroatoms. The van der Waals surface area contributed by atoms with Crippen LogP contribution in [0.1, 0.15) is 61.4 Å². The molecule has 0 spiro atoms. The van der Waals surface area contributed by atoms with Crippen molar-refractivity contribution in [1.82, 2.24) is 5.32 Å². The van der Waals surface area contributed by atoms with Crippen LogP contribution >= 0.6 is 15.9 Å². The Morgan fingerprint density at radius 1 is 1.38 bits per heavy atom. The zero-order chi connectivity index (χ0) is 19.2. The Morgan fingerprint density at radius 2 is 2.08 bits per heavy atom. The average Bonchev–Trinajstić information content (AvgIpc) is 2.67. The van der Waals surface area contributed by atoms with Gasteiger partial charge in [-0.25, -0.2) is 4.79 Å². The summed E-state index contributed by atoms with van der Waals surface area (Å²) in [5.74, 6) is -0.553. The van der Waals surface area contributed by atoms with Crippen molar-refractivity contribution in [2.24, 2.45) is 0 Å². The van der Waals surface area contributed by atoms with Crippen LogP contribution in [0.3, 0.4) is 0 Å². The molecule has 0 radical (unpaired) electrons. The molecule has 0 aliphatic heterocycles. The summed E-state index contributed by atoms with van der Waals surface area (Å²) in [6, 6.07) is 3.34. The van der Waals surface area contributed by atoms with Crippen molar-refractivity contribution in [3.63, 3.8) is 0 Å². The molecule has 0 heterocycles.